The molecule has 166 valence electrons. The van der Waals surface area contributed by atoms with Gasteiger partial charge in [-0.05, 0) is 37.1 Å². The fraction of sp³-hybridized carbons (Fsp3) is 0.318. The molecule has 0 aliphatic carbocycles. The minimum absolute atomic E-state index is 0.00997. The number of nitrogens with zero attached hydrogens (tertiary/aromatic N) is 4. The Morgan fingerprint density at radius 1 is 1.12 bits per heavy atom. The summed E-state index contributed by atoms with van der Waals surface area (Å²) in [5.41, 5.74) is 0.995. The number of anilines is 2. The molecule has 32 heavy (non-hydrogen) atoms. The Morgan fingerprint density at radius 3 is 2.81 bits per heavy atom. The first-order chi connectivity index (χ1) is 15.5. The Morgan fingerprint density at radius 2 is 1.97 bits per heavy atom. The van der Waals surface area contributed by atoms with E-state index in [2.05, 4.69) is 25.4 Å². The molecule has 2 N–H and O–H groups in total. The Balaban J connectivity index is 1.42. The summed E-state index contributed by atoms with van der Waals surface area (Å²) in [7, 11) is 0. The van der Waals surface area contributed by atoms with E-state index < -0.39 is 16.6 Å². The second kappa shape index (κ2) is 9.54. The van der Waals surface area contributed by atoms with Crippen molar-refractivity contribution in [3.05, 3.63) is 64.2 Å². The van der Waals surface area contributed by atoms with E-state index in [-0.39, 0.29) is 24.3 Å². The van der Waals surface area contributed by atoms with Crippen molar-refractivity contribution in [2.75, 3.05) is 17.2 Å². The Kier molecular flexibility index (Phi) is 6.39. The molecule has 1 aliphatic heterocycles. The highest BCUT2D eigenvalue weighted by Gasteiger charge is 2.18. The fourth-order valence-electron chi connectivity index (χ4n) is 3.76. The van der Waals surface area contributed by atoms with Crippen LogP contribution < -0.4 is 10.6 Å². The fourth-order valence-corrected chi connectivity index (χ4v) is 3.76. The van der Waals surface area contributed by atoms with Crippen molar-refractivity contribution >= 4 is 23.0 Å². The predicted molar refractivity (Wildman–Crippen MR) is 118 cm³/mol. The summed E-state index contributed by atoms with van der Waals surface area (Å²) in [6.07, 6.45) is 4.12. The summed E-state index contributed by atoms with van der Waals surface area (Å²) < 4.78 is 16.4. The average Bonchev–Trinajstić information content (AvgIpc) is 3.03. The quantitative estimate of drug-likeness (QED) is 0.423. The molecule has 0 spiro atoms. The molecule has 10 heteroatoms. The van der Waals surface area contributed by atoms with Gasteiger partial charge in [0, 0.05) is 37.6 Å². The topological polar surface area (TPSA) is 115 Å². The van der Waals surface area contributed by atoms with Crippen LogP contribution in [0, 0.1) is 15.9 Å². The van der Waals surface area contributed by atoms with Crippen LogP contribution >= 0.6 is 0 Å². The van der Waals surface area contributed by atoms with Crippen LogP contribution in [-0.4, -0.2) is 32.1 Å². The highest BCUT2D eigenvalue weighted by atomic mass is 19.1. The lowest BCUT2D eigenvalue weighted by Crippen LogP contribution is -2.17. The SMILES string of the molecule is O=C(CCNc1ccccc1[N+](=O)[O-])Nc1cc(-c2nnc3n2CCCCC3)ccc1F. The number of nitro groups is 1. The van der Waals surface area contributed by atoms with Gasteiger partial charge in [0.15, 0.2) is 5.82 Å². The number of hydrogen-bond acceptors (Lipinski definition) is 6. The minimum atomic E-state index is -0.552. The zero-order chi connectivity index (χ0) is 22.5. The van der Waals surface area contributed by atoms with E-state index in [0.29, 0.717) is 17.1 Å². The molecule has 0 saturated carbocycles. The molecule has 2 heterocycles. The van der Waals surface area contributed by atoms with Gasteiger partial charge in [0.1, 0.15) is 17.3 Å². The number of carbonyl (C=O) groups excluding carboxylic acids is 1. The van der Waals surface area contributed by atoms with Crippen molar-refractivity contribution in [3.63, 3.8) is 0 Å². The molecule has 4 rings (SSSR count). The molecule has 9 nitrogen and oxygen atoms in total. The van der Waals surface area contributed by atoms with E-state index >= 15 is 0 Å². The van der Waals surface area contributed by atoms with Crippen LogP contribution in [-0.2, 0) is 17.8 Å². The first-order valence-corrected chi connectivity index (χ1v) is 10.5. The van der Waals surface area contributed by atoms with Crippen LogP contribution in [0.25, 0.3) is 11.4 Å². The van der Waals surface area contributed by atoms with Crippen LogP contribution in [0.1, 0.15) is 31.5 Å². The third kappa shape index (κ3) is 4.74. The summed E-state index contributed by atoms with van der Waals surface area (Å²) in [6.45, 7) is 0.976. The second-order valence-electron chi connectivity index (χ2n) is 7.60. The highest BCUT2D eigenvalue weighted by Crippen LogP contribution is 2.27. The maximum Gasteiger partial charge on any atom is 0.292 e. The molecule has 0 fully saturated rings. The monoisotopic (exact) mass is 438 g/mol. The summed E-state index contributed by atoms with van der Waals surface area (Å²) in [5, 5.41) is 25.1. The lowest BCUT2D eigenvalue weighted by atomic mass is 10.1. The number of amides is 1. The largest absolute Gasteiger partial charge is 0.379 e. The first-order valence-electron chi connectivity index (χ1n) is 10.5. The van der Waals surface area contributed by atoms with Gasteiger partial charge in [-0.25, -0.2) is 4.39 Å². The van der Waals surface area contributed by atoms with Crippen molar-refractivity contribution in [3.8, 4) is 11.4 Å². The summed E-state index contributed by atoms with van der Waals surface area (Å²) >= 11 is 0. The summed E-state index contributed by atoms with van der Waals surface area (Å²) in [5.74, 6) is 0.625. The Hall–Kier alpha value is -3.82. The van der Waals surface area contributed by atoms with Crippen molar-refractivity contribution < 1.29 is 14.1 Å². The predicted octanol–water partition coefficient (Wildman–Crippen LogP) is 4.16. The van der Waals surface area contributed by atoms with Gasteiger partial charge in [-0.1, -0.05) is 18.6 Å². The molecule has 1 amide bonds. The number of aromatic nitrogens is 3. The third-order valence-electron chi connectivity index (χ3n) is 5.38. The first kappa shape index (κ1) is 21.4. The smallest absolute Gasteiger partial charge is 0.292 e. The number of aryl methyl sites for hydroxylation is 1. The van der Waals surface area contributed by atoms with Gasteiger partial charge < -0.3 is 15.2 Å². The molecule has 0 bridgehead atoms. The highest BCUT2D eigenvalue weighted by molar-refractivity contribution is 5.91. The van der Waals surface area contributed by atoms with Crippen molar-refractivity contribution in [2.24, 2.45) is 0 Å². The van der Waals surface area contributed by atoms with Gasteiger partial charge in [0.2, 0.25) is 5.91 Å². The number of fused-ring (bicyclic) bond motifs is 1. The van der Waals surface area contributed by atoms with Gasteiger partial charge in [-0.3, -0.25) is 14.9 Å². The van der Waals surface area contributed by atoms with E-state index in [4.69, 9.17) is 0 Å². The molecule has 1 aliphatic rings. The number of carbonyl (C=O) groups is 1. The number of para-hydroxylation sites is 2. The van der Waals surface area contributed by atoms with E-state index in [1.54, 1.807) is 30.3 Å². The van der Waals surface area contributed by atoms with E-state index in [1.165, 1.54) is 12.1 Å². The van der Waals surface area contributed by atoms with Gasteiger partial charge in [-0.2, -0.15) is 0 Å². The normalized spacial score (nSPS) is 13.2. The summed E-state index contributed by atoms with van der Waals surface area (Å²) in [6, 6.07) is 10.7. The van der Waals surface area contributed by atoms with Crippen LogP contribution in [0.4, 0.5) is 21.5 Å². The van der Waals surface area contributed by atoms with Gasteiger partial charge in [0.25, 0.3) is 5.69 Å². The molecule has 0 unspecified atom stereocenters. The number of nitro benzene ring substituents is 1. The van der Waals surface area contributed by atoms with Gasteiger partial charge in [0.05, 0.1) is 10.6 Å². The van der Waals surface area contributed by atoms with Crippen molar-refractivity contribution in [2.45, 2.75) is 38.6 Å². The van der Waals surface area contributed by atoms with E-state index in [9.17, 15) is 19.3 Å². The van der Waals surface area contributed by atoms with Crippen molar-refractivity contribution in [1.82, 2.24) is 14.8 Å². The second-order valence-corrected chi connectivity index (χ2v) is 7.60. The minimum Gasteiger partial charge on any atom is -0.379 e. The van der Waals surface area contributed by atoms with E-state index in [1.807, 2.05) is 0 Å². The molecule has 3 aromatic rings. The number of halogens is 1. The molecule has 1 aromatic heterocycles. The Bertz CT molecular complexity index is 1150. The number of benzene rings is 2. The Labute approximate surface area is 183 Å². The lowest BCUT2D eigenvalue weighted by Gasteiger charge is -2.11. The van der Waals surface area contributed by atoms with Gasteiger partial charge >= 0.3 is 0 Å². The molecular formula is C22H23FN6O3. The maximum atomic E-state index is 14.4. The molecule has 0 atom stereocenters. The third-order valence-corrected chi connectivity index (χ3v) is 5.38. The number of rotatable bonds is 7. The molecule has 2 aromatic carbocycles. The van der Waals surface area contributed by atoms with Crippen LogP contribution in [0.15, 0.2) is 42.5 Å². The molecular weight excluding hydrogens is 415 g/mol. The number of hydrogen-bond donors (Lipinski definition) is 2. The van der Waals surface area contributed by atoms with E-state index in [0.717, 1.165) is 38.1 Å². The standard InChI is InChI=1S/C22H23FN6O3/c23-16-10-9-15(22-27-26-20-8-2-1-5-13-28(20)22)14-18(16)25-21(30)11-12-24-17-6-3-4-7-19(17)29(31)32/h3-4,6-7,9-10,14,24H,1-2,5,8,11-13H2,(H,25,30). The lowest BCUT2D eigenvalue weighted by molar-refractivity contribution is -0.384. The van der Waals surface area contributed by atoms with Crippen molar-refractivity contribution in [1.29, 1.82) is 0 Å². The van der Waals surface area contributed by atoms with Crippen LogP contribution in [0.3, 0.4) is 0 Å². The zero-order valence-corrected chi connectivity index (χ0v) is 17.4. The molecule has 0 radical (unpaired) electrons. The summed E-state index contributed by atoms with van der Waals surface area (Å²) in [4.78, 5) is 22.9. The maximum absolute atomic E-state index is 14.4. The zero-order valence-electron chi connectivity index (χ0n) is 17.4. The molecule has 0 saturated heterocycles. The van der Waals surface area contributed by atoms with Crippen LogP contribution in [0.2, 0.25) is 0 Å². The number of nitrogens with one attached hydrogen (secondary N) is 2. The van der Waals surface area contributed by atoms with Gasteiger partial charge in [-0.15, -0.1) is 10.2 Å². The van der Waals surface area contributed by atoms with Crippen LogP contribution in [0.5, 0.6) is 0 Å². The average molecular weight is 438 g/mol.